The van der Waals surface area contributed by atoms with Gasteiger partial charge in [0, 0.05) is 25.1 Å². The highest BCUT2D eigenvalue weighted by molar-refractivity contribution is 6.01. The molecule has 0 spiro atoms. The Hall–Kier alpha value is -2.76. The molecule has 0 saturated carbocycles. The molecule has 2 heterocycles. The van der Waals surface area contributed by atoms with E-state index < -0.39 is 5.92 Å². The van der Waals surface area contributed by atoms with Gasteiger partial charge in [0.1, 0.15) is 11.5 Å². The lowest BCUT2D eigenvalue weighted by molar-refractivity contribution is -0.126. The molecule has 0 aliphatic carbocycles. The lowest BCUT2D eigenvalue weighted by Crippen LogP contribution is -2.35. The van der Waals surface area contributed by atoms with Gasteiger partial charge >= 0.3 is 0 Å². The van der Waals surface area contributed by atoms with E-state index in [-0.39, 0.29) is 18.2 Å². The van der Waals surface area contributed by atoms with Crippen LogP contribution in [-0.2, 0) is 16.0 Å². The third-order valence-electron chi connectivity index (χ3n) is 4.09. The van der Waals surface area contributed by atoms with E-state index in [9.17, 15) is 9.59 Å². The van der Waals surface area contributed by atoms with Crippen LogP contribution in [0.3, 0.4) is 0 Å². The quantitative estimate of drug-likeness (QED) is 0.798. The predicted octanol–water partition coefficient (Wildman–Crippen LogP) is 2.46. The van der Waals surface area contributed by atoms with Crippen molar-refractivity contribution in [2.24, 2.45) is 0 Å². The number of hydrogen-bond acceptors (Lipinski definition) is 4. The number of aryl methyl sites for hydroxylation is 1. The van der Waals surface area contributed by atoms with E-state index in [0.717, 1.165) is 24.2 Å². The number of rotatable bonds is 6. The first-order valence-electron chi connectivity index (χ1n) is 7.95. The molecule has 24 heavy (non-hydrogen) atoms. The van der Waals surface area contributed by atoms with Gasteiger partial charge in [0.05, 0.1) is 19.3 Å². The standard InChI is InChI=1S/C18H20N2O4/c1-23-13-6-7-16-14(10-13)15(11-17(21)20-16)18(22)19-8-2-4-12-5-3-9-24-12/h3,5-7,9-10,15H,2,4,8,11H2,1H3,(H,19,22)(H,20,21)/t15-/m0/s1. The Morgan fingerprint density at radius 3 is 3.04 bits per heavy atom. The molecule has 2 N–H and O–H groups in total. The van der Waals surface area contributed by atoms with Crippen LogP contribution >= 0.6 is 0 Å². The van der Waals surface area contributed by atoms with Gasteiger partial charge in [0.25, 0.3) is 0 Å². The van der Waals surface area contributed by atoms with Gasteiger partial charge in [-0.2, -0.15) is 0 Å². The molecule has 0 fully saturated rings. The Labute approximate surface area is 140 Å². The van der Waals surface area contributed by atoms with Crippen LogP contribution < -0.4 is 15.4 Å². The van der Waals surface area contributed by atoms with Crippen molar-refractivity contribution < 1.29 is 18.7 Å². The largest absolute Gasteiger partial charge is 0.497 e. The van der Waals surface area contributed by atoms with E-state index in [1.807, 2.05) is 18.2 Å². The Kier molecular flexibility index (Phi) is 4.84. The number of nitrogens with one attached hydrogen (secondary N) is 2. The molecule has 0 saturated heterocycles. The summed E-state index contributed by atoms with van der Waals surface area (Å²) in [5, 5.41) is 5.71. The van der Waals surface area contributed by atoms with Crippen molar-refractivity contribution in [1.29, 1.82) is 0 Å². The second-order valence-electron chi connectivity index (χ2n) is 5.73. The van der Waals surface area contributed by atoms with Gasteiger partial charge in [0.15, 0.2) is 0 Å². The average molecular weight is 328 g/mol. The van der Waals surface area contributed by atoms with Crippen molar-refractivity contribution in [2.75, 3.05) is 19.0 Å². The topological polar surface area (TPSA) is 80.6 Å². The first-order valence-corrected chi connectivity index (χ1v) is 7.95. The van der Waals surface area contributed by atoms with Crippen LogP contribution in [0.15, 0.2) is 41.0 Å². The van der Waals surface area contributed by atoms with E-state index in [0.29, 0.717) is 18.0 Å². The molecule has 0 bridgehead atoms. The minimum absolute atomic E-state index is 0.140. The summed E-state index contributed by atoms with van der Waals surface area (Å²) in [6.45, 7) is 0.539. The molecule has 0 unspecified atom stereocenters. The van der Waals surface area contributed by atoms with Crippen LogP contribution in [0.1, 0.15) is 30.1 Å². The lowest BCUT2D eigenvalue weighted by atomic mass is 9.89. The Morgan fingerprint density at radius 2 is 2.29 bits per heavy atom. The van der Waals surface area contributed by atoms with Crippen molar-refractivity contribution >= 4 is 17.5 Å². The van der Waals surface area contributed by atoms with Crippen molar-refractivity contribution in [2.45, 2.75) is 25.2 Å². The van der Waals surface area contributed by atoms with Gasteiger partial charge < -0.3 is 19.8 Å². The molecule has 2 amide bonds. The van der Waals surface area contributed by atoms with Crippen molar-refractivity contribution in [3.05, 3.63) is 47.9 Å². The molecule has 2 aromatic rings. The summed E-state index contributed by atoms with van der Waals surface area (Å²) in [7, 11) is 1.58. The molecule has 1 aromatic heterocycles. The zero-order chi connectivity index (χ0) is 16.9. The summed E-state index contributed by atoms with van der Waals surface area (Å²) in [6.07, 6.45) is 3.33. The number of ether oxygens (including phenoxy) is 1. The number of furan rings is 1. The first kappa shape index (κ1) is 16.1. The molecule has 1 aliphatic heterocycles. The van der Waals surface area contributed by atoms with Gasteiger partial charge in [-0.3, -0.25) is 9.59 Å². The Balaban J connectivity index is 1.63. The molecule has 3 rings (SSSR count). The molecule has 1 aromatic carbocycles. The van der Waals surface area contributed by atoms with E-state index >= 15 is 0 Å². The van der Waals surface area contributed by atoms with Crippen molar-refractivity contribution in [3.63, 3.8) is 0 Å². The van der Waals surface area contributed by atoms with Gasteiger partial charge in [-0.15, -0.1) is 0 Å². The Bertz CT molecular complexity index is 725. The molecule has 126 valence electrons. The Morgan fingerprint density at radius 1 is 1.42 bits per heavy atom. The van der Waals surface area contributed by atoms with E-state index in [1.54, 1.807) is 25.5 Å². The van der Waals surface area contributed by atoms with Crippen LogP contribution in [0.2, 0.25) is 0 Å². The number of hydrogen-bond donors (Lipinski definition) is 2. The molecule has 1 aliphatic rings. The summed E-state index contributed by atoms with van der Waals surface area (Å²) in [6, 6.07) is 9.10. The molecular formula is C18H20N2O4. The van der Waals surface area contributed by atoms with E-state index in [4.69, 9.17) is 9.15 Å². The molecule has 1 atom stereocenters. The molecule has 6 nitrogen and oxygen atoms in total. The summed E-state index contributed by atoms with van der Waals surface area (Å²) in [5.41, 5.74) is 1.46. The summed E-state index contributed by atoms with van der Waals surface area (Å²) >= 11 is 0. The minimum atomic E-state index is -0.493. The van der Waals surface area contributed by atoms with Gasteiger partial charge in [-0.1, -0.05) is 0 Å². The highest BCUT2D eigenvalue weighted by atomic mass is 16.5. The normalized spacial score (nSPS) is 16.2. The number of fused-ring (bicyclic) bond motifs is 1. The van der Waals surface area contributed by atoms with E-state index in [2.05, 4.69) is 10.6 Å². The second-order valence-corrected chi connectivity index (χ2v) is 5.73. The number of anilines is 1. The number of carbonyl (C=O) groups excluding carboxylic acids is 2. The van der Waals surface area contributed by atoms with Gasteiger partial charge in [0.2, 0.25) is 11.8 Å². The SMILES string of the molecule is COc1ccc2c(c1)[C@@H](C(=O)NCCCc1ccco1)CC(=O)N2. The maximum atomic E-state index is 12.5. The van der Waals surface area contributed by atoms with E-state index in [1.165, 1.54) is 0 Å². The minimum Gasteiger partial charge on any atom is -0.497 e. The molecular weight excluding hydrogens is 308 g/mol. The highest BCUT2D eigenvalue weighted by Gasteiger charge is 2.30. The highest BCUT2D eigenvalue weighted by Crippen LogP contribution is 2.34. The number of methoxy groups -OCH3 is 1. The van der Waals surface area contributed by atoms with Crippen LogP contribution in [-0.4, -0.2) is 25.5 Å². The third kappa shape index (κ3) is 3.59. The summed E-state index contributed by atoms with van der Waals surface area (Å²) < 4.78 is 10.5. The average Bonchev–Trinajstić information content (AvgIpc) is 3.10. The molecule has 6 heteroatoms. The predicted molar refractivity (Wildman–Crippen MR) is 89.0 cm³/mol. The van der Waals surface area contributed by atoms with Crippen molar-refractivity contribution in [1.82, 2.24) is 5.32 Å². The third-order valence-corrected chi connectivity index (χ3v) is 4.09. The van der Waals surface area contributed by atoms with Gasteiger partial charge in [-0.25, -0.2) is 0 Å². The first-order chi connectivity index (χ1) is 11.7. The van der Waals surface area contributed by atoms with Crippen LogP contribution in [0, 0.1) is 0 Å². The number of carbonyl (C=O) groups is 2. The van der Waals surface area contributed by atoms with Gasteiger partial charge in [-0.05, 0) is 42.3 Å². The summed E-state index contributed by atoms with van der Waals surface area (Å²) in [5.74, 6) is 0.784. The van der Waals surface area contributed by atoms with Crippen molar-refractivity contribution in [3.8, 4) is 5.75 Å². The fourth-order valence-corrected chi connectivity index (χ4v) is 2.85. The number of benzene rings is 1. The fraction of sp³-hybridized carbons (Fsp3) is 0.333. The summed E-state index contributed by atoms with van der Waals surface area (Å²) in [4.78, 5) is 24.4. The molecule has 0 radical (unpaired) electrons. The lowest BCUT2D eigenvalue weighted by Gasteiger charge is -2.25. The van der Waals surface area contributed by atoms with Crippen LogP contribution in [0.25, 0.3) is 0 Å². The zero-order valence-corrected chi connectivity index (χ0v) is 13.5. The monoisotopic (exact) mass is 328 g/mol. The maximum absolute atomic E-state index is 12.5. The smallest absolute Gasteiger partial charge is 0.228 e. The zero-order valence-electron chi connectivity index (χ0n) is 13.5. The second kappa shape index (κ2) is 7.21. The maximum Gasteiger partial charge on any atom is 0.228 e. The van der Waals surface area contributed by atoms with Crippen LogP contribution in [0.5, 0.6) is 5.75 Å². The fourth-order valence-electron chi connectivity index (χ4n) is 2.85. The van der Waals surface area contributed by atoms with Crippen LogP contribution in [0.4, 0.5) is 5.69 Å². The number of amides is 2.